The van der Waals surface area contributed by atoms with Gasteiger partial charge in [0, 0.05) is 12.0 Å². The maximum absolute atomic E-state index is 6.45. The van der Waals surface area contributed by atoms with Crippen LogP contribution in [0.3, 0.4) is 0 Å². The minimum atomic E-state index is 0.378. The Hall–Kier alpha value is -0.540. The largest absolute Gasteiger partial charge is 0.316 e. The minimum absolute atomic E-state index is 0.378. The van der Waals surface area contributed by atoms with Crippen LogP contribution in [0, 0.1) is 5.92 Å². The highest BCUT2D eigenvalue weighted by atomic mass is 35.5. The van der Waals surface area contributed by atoms with Crippen molar-refractivity contribution in [3.63, 3.8) is 0 Å². The SMILES string of the molecule is CCCNCC1CCCCC1c1c(Cl)cnn1C(C)C. The average Bonchev–Trinajstić information content (AvgIpc) is 2.82. The molecule has 0 aromatic carbocycles. The molecule has 2 unspecified atom stereocenters. The van der Waals surface area contributed by atoms with E-state index in [0.717, 1.165) is 18.1 Å². The normalized spacial score (nSPS) is 23.4. The summed E-state index contributed by atoms with van der Waals surface area (Å²) in [5.74, 6) is 1.26. The molecule has 1 aromatic heterocycles. The number of hydrogen-bond donors (Lipinski definition) is 1. The zero-order chi connectivity index (χ0) is 14.5. The Labute approximate surface area is 128 Å². The van der Waals surface area contributed by atoms with Crippen molar-refractivity contribution in [2.45, 2.75) is 64.8 Å². The molecule has 0 spiro atoms. The first-order valence-electron chi connectivity index (χ1n) is 8.08. The summed E-state index contributed by atoms with van der Waals surface area (Å²) in [6, 6.07) is 0.378. The van der Waals surface area contributed by atoms with Crippen molar-refractivity contribution in [3.05, 3.63) is 16.9 Å². The highest BCUT2D eigenvalue weighted by Gasteiger charge is 2.31. The van der Waals surface area contributed by atoms with Crippen molar-refractivity contribution in [1.29, 1.82) is 0 Å². The summed E-state index contributed by atoms with van der Waals surface area (Å²) in [5, 5.41) is 8.93. The quantitative estimate of drug-likeness (QED) is 0.789. The topological polar surface area (TPSA) is 29.9 Å². The summed E-state index contributed by atoms with van der Waals surface area (Å²) in [6.07, 6.45) is 8.23. The lowest BCUT2D eigenvalue weighted by Gasteiger charge is -2.33. The molecule has 3 nitrogen and oxygen atoms in total. The minimum Gasteiger partial charge on any atom is -0.316 e. The van der Waals surface area contributed by atoms with Gasteiger partial charge in [-0.05, 0) is 52.1 Å². The van der Waals surface area contributed by atoms with Crippen molar-refractivity contribution >= 4 is 11.6 Å². The summed E-state index contributed by atoms with van der Waals surface area (Å²) in [5.41, 5.74) is 1.27. The van der Waals surface area contributed by atoms with E-state index in [-0.39, 0.29) is 0 Å². The zero-order valence-electron chi connectivity index (χ0n) is 13.0. The second-order valence-electron chi connectivity index (χ2n) is 6.27. The van der Waals surface area contributed by atoms with E-state index in [1.807, 2.05) is 6.20 Å². The van der Waals surface area contributed by atoms with E-state index in [1.165, 1.54) is 37.8 Å². The van der Waals surface area contributed by atoms with E-state index in [0.29, 0.717) is 17.9 Å². The van der Waals surface area contributed by atoms with Crippen molar-refractivity contribution in [2.24, 2.45) is 5.92 Å². The van der Waals surface area contributed by atoms with Gasteiger partial charge < -0.3 is 5.32 Å². The Kier molecular flexibility index (Phi) is 5.91. The molecule has 1 N–H and O–H groups in total. The predicted molar refractivity (Wildman–Crippen MR) is 85.5 cm³/mol. The van der Waals surface area contributed by atoms with Gasteiger partial charge >= 0.3 is 0 Å². The van der Waals surface area contributed by atoms with E-state index < -0.39 is 0 Å². The fourth-order valence-electron chi connectivity index (χ4n) is 3.39. The molecule has 1 aliphatic carbocycles. The first kappa shape index (κ1) is 15.8. The Morgan fingerprint density at radius 1 is 1.40 bits per heavy atom. The molecule has 2 rings (SSSR count). The zero-order valence-corrected chi connectivity index (χ0v) is 13.8. The fourth-order valence-corrected chi connectivity index (χ4v) is 3.66. The Morgan fingerprint density at radius 2 is 2.15 bits per heavy atom. The number of hydrogen-bond acceptors (Lipinski definition) is 2. The molecule has 1 aliphatic rings. The lowest BCUT2D eigenvalue weighted by molar-refractivity contribution is 0.280. The molecule has 0 amide bonds. The van der Waals surface area contributed by atoms with Crippen LogP contribution in [0.5, 0.6) is 0 Å². The van der Waals surface area contributed by atoms with Crippen molar-refractivity contribution in [2.75, 3.05) is 13.1 Å². The molecule has 20 heavy (non-hydrogen) atoms. The third kappa shape index (κ3) is 3.56. The van der Waals surface area contributed by atoms with E-state index in [1.54, 1.807) is 0 Å². The molecular formula is C16H28ClN3. The van der Waals surface area contributed by atoms with Crippen LogP contribution in [0.25, 0.3) is 0 Å². The van der Waals surface area contributed by atoms with Gasteiger partial charge in [-0.25, -0.2) is 0 Å². The molecule has 0 bridgehead atoms. The maximum Gasteiger partial charge on any atom is 0.0820 e. The Bertz CT molecular complexity index is 414. The summed E-state index contributed by atoms with van der Waals surface area (Å²) in [4.78, 5) is 0. The highest BCUT2D eigenvalue weighted by Crippen LogP contribution is 2.41. The Morgan fingerprint density at radius 3 is 2.85 bits per heavy atom. The van der Waals surface area contributed by atoms with E-state index in [4.69, 9.17) is 11.6 Å². The van der Waals surface area contributed by atoms with Crippen LogP contribution in [-0.4, -0.2) is 22.9 Å². The van der Waals surface area contributed by atoms with E-state index in [9.17, 15) is 0 Å². The smallest absolute Gasteiger partial charge is 0.0820 e. The van der Waals surface area contributed by atoms with Crippen LogP contribution in [0.2, 0.25) is 5.02 Å². The number of aromatic nitrogens is 2. The molecular weight excluding hydrogens is 270 g/mol. The lowest BCUT2D eigenvalue weighted by Crippen LogP contribution is -2.31. The number of rotatable bonds is 6. The molecule has 0 saturated heterocycles. The standard InChI is InChI=1S/C16H28ClN3/c1-4-9-18-10-13-7-5-6-8-14(13)16-15(17)11-19-20(16)12(2)3/h11-14,18H,4-10H2,1-3H3. The molecule has 1 aromatic rings. The first-order valence-corrected chi connectivity index (χ1v) is 8.46. The van der Waals surface area contributed by atoms with Crippen LogP contribution in [-0.2, 0) is 0 Å². The predicted octanol–water partition coefficient (Wildman–Crippen LogP) is 4.39. The van der Waals surface area contributed by atoms with Gasteiger partial charge in [0.1, 0.15) is 0 Å². The second kappa shape index (κ2) is 7.46. The number of nitrogens with one attached hydrogen (secondary N) is 1. The summed E-state index contributed by atoms with van der Waals surface area (Å²) >= 11 is 6.45. The average molecular weight is 298 g/mol. The summed E-state index contributed by atoms with van der Waals surface area (Å²) in [7, 11) is 0. The fraction of sp³-hybridized carbons (Fsp3) is 0.812. The summed E-state index contributed by atoms with van der Waals surface area (Å²) < 4.78 is 2.13. The molecule has 1 heterocycles. The second-order valence-corrected chi connectivity index (χ2v) is 6.68. The van der Waals surface area contributed by atoms with Crippen molar-refractivity contribution in [3.8, 4) is 0 Å². The third-order valence-corrected chi connectivity index (χ3v) is 4.66. The lowest BCUT2D eigenvalue weighted by atomic mass is 9.77. The van der Waals surface area contributed by atoms with Gasteiger partial charge in [0.05, 0.1) is 16.9 Å². The van der Waals surface area contributed by atoms with Gasteiger partial charge in [0.2, 0.25) is 0 Å². The molecule has 1 fully saturated rings. The van der Waals surface area contributed by atoms with E-state index in [2.05, 4.69) is 35.9 Å². The molecule has 1 saturated carbocycles. The van der Waals surface area contributed by atoms with Gasteiger partial charge in [-0.3, -0.25) is 4.68 Å². The van der Waals surface area contributed by atoms with Crippen LogP contribution < -0.4 is 5.32 Å². The summed E-state index contributed by atoms with van der Waals surface area (Å²) in [6.45, 7) is 8.80. The van der Waals surface area contributed by atoms with Gasteiger partial charge in [-0.1, -0.05) is 31.4 Å². The maximum atomic E-state index is 6.45. The van der Waals surface area contributed by atoms with Gasteiger partial charge in [0.25, 0.3) is 0 Å². The van der Waals surface area contributed by atoms with Crippen LogP contribution >= 0.6 is 11.6 Å². The number of nitrogens with zero attached hydrogens (tertiary/aromatic N) is 2. The van der Waals surface area contributed by atoms with Gasteiger partial charge in [-0.15, -0.1) is 0 Å². The first-order chi connectivity index (χ1) is 9.65. The van der Waals surface area contributed by atoms with Crippen molar-refractivity contribution in [1.82, 2.24) is 15.1 Å². The monoisotopic (exact) mass is 297 g/mol. The molecule has 0 radical (unpaired) electrons. The van der Waals surface area contributed by atoms with Gasteiger partial charge in [-0.2, -0.15) is 5.10 Å². The highest BCUT2D eigenvalue weighted by molar-refractivity contribution is 6.31. The van der Waals surface area contributed by atoms with Crippen LogP contribution in [0.15, 0.2) is 6.20 Å². The molecule has 114 valence electrons. The van der Waals surface area contributed by atoms with Crippen LogP contribution in [0.1, 0.15) is 70.5 Å². The van der Waals surface area contributed by atoms with Crippen LogP contribution in [0.4, 0.5) is 0 Å². The van der Waals surface area contributed by atoms with E-state index >= 15 is 0 Å². The Balaban J connectivity index is 2.17. The molecule has 4 heteroatoms. The third-order valence-electron chi connectivity index (χ3n) is 4.37. The molecule has 2 atom stereocenters. The van der Waals surface area contributed by atoms with Crippen molar-refractivity contribution < 1.29 is 0 Å². The number of halogens is 1. The van der Waals surface area contributed by atoms with Gasteiger partial charge in [0.15, 0.2) is 0 Å². The molecule has 0 aliphatic heterocycles.